The lowest BCUT2D eigenvalue weighted by molar-refractivity contribution is -0.269. The fourth-order valence-corrected chi connectivity index (χ4v) is 1.77. The van der Waals surface area contributed by atoms with Crippen LogP contribution in [-0.2, 0) is 14.3 Å². The zero-order chi connectivity index (χ0) is 16.2. The fourth-order valence-electron chi connectivity index (χ4n) is 1.77. The predicted molar refractivity (Wildman–Crippen MR) is 61.9 cm³/mol. The van der Waals surface area contributed by atoms with E-state index in [0.29, 0.717) is 0 Å². The molecule has 0 aromatic rings. The first kappa shape index (κ1) is 17.9. The van der Waals surface area contributed by atoms with Gasteiger partial charge in [-0.3, -0.25) is 4.79 Å². The Kier molecular flexibility index (Phi) is 6.10. The zero-order valence-corrected chi connectivity index (χ0v) is 10.8. The lowest BCUT2D eigenvalue weighted by Crippen LogP contribution is -2.65. The normalized spacial score (nSPS) is 33.5. The summed E-state index contributed by atoms with van der Waals surface area (Å²) in [5.41, 5.74) is 0. The summed E-state index contributed by atoms with van der Waals surface area (Å²) in [5.74, 6) is -2.31. The van der Waals surface area contributed by atoms with E-state index in [1.54, 1.807) is 0 Å². The van der Waals surface area contributed by atoms with Crippen molar-refractivity contribution in [3.05, 3.63) is 12.7 Å². The molecule has 1 aliphatic rings. The van der Waals surface area contributed by atoms with E-state index >= 15 is 0 Å². The van der Waals surface area contributed by atoms with Crippen molar-refractivity contribution in [3.63, 3.8) is 0 Å². The van der Waals surface area contributed by atoms with Crippen LogP contribution in [0.15, 0.2) is 12.7 Å². The summed E-state index contributed by atoms with van der Waals surface area (Å²) in [6, 6.07) is -1.66. The van der Waals surface area contributed by atoms with Crippen LogP contribution in [0.2, 0.25) is 0 Å². The molecule has 0 saturated carbocycles. The maximum Gasteiger partial charge on any atom is 0.471 e. The molecule has 0 aromatic heterocycles. The summed E-state index contributed by atoms with van der Waals surface area (Å²) in [6.45, 7) is 2.51. The molecule has 1 amide bonds. The van der Waals surface area contributed by atoms with E-state index in [1.165, 1.54) is 11.4 Å². The molecule has 1 rings (SSSR count). The van der Waals surface area contributed by atoms with Gasteiger partial charge in [-0.2, -0.15) is 13.2 Å². The van der Waals surface area contributed by atoms with Crippen LogP contribution in [0.1, 0.15) is 0 Å². The number of aliphatic hydroxyl groups is 3. The minimum Gasteiger partial charge on any atom is -0.394 e. The third-order valence-corrected chi connectivity index (χ3v) is 2.81. The average Bonchev–Trinajstić information content (AvgIpc) is 2.41. The summed E-state index contributed by atoms with van der Waals surface area (Å²) in [7, 11) is 0. The number of ether oxygens (including phenoxy) is 2. The number of carbonyl (C=O) groups is 1. The minimum atomic E-state index is -5.17. The second-order valence-electron chi connectivity index (χ2n) is 4.33. The largest absolute Gasteiger partial charge is 0.471 e. The van der Waals surface area contributed by atoms with E-state index in [0.717, 1.165) is 0 Å². The first-order valence-corrected chi connectivity index (χ1v) is 5.95. The molecular formula is C11H16F3NO6. The number of aliphatic hydroxyl groups excluding tert-OH is 3. The Bertz CT molecular complexity index is 377. The Balaban J connectivity index is 2.88. The van der Waals surface area contributed by atoms with Crippen molar-refractivity contribution in [2.75, 3.05) is 13.2 Å². The number of alkyl halides is 3. The van der Waals surface area contributed by atoms with E-state index in [4.69, 9.17) is 14.6 Å². The highest BCUT2D eigenvalue weighted by molar-refractivity contribution is 5.82. The monoisotopic (exact) mass is 315 g/mol. The van der Waals surface area contributed by atoms with Crippen LogP contribution >= 0.6 is 0 Å². The molecule has 0 aliphatic carbocycles. The molecule has 1 heterocycles. The predicted octanol–water partition coefficient (Wildman–Crippen LogP) is -1.32. The number of hydrogen-bond acceptors (Lipinski definition) is 6. The summed E-state index contributed by atoms with van der Waals surface area (Å²) < 4.78 is 46.8. The van der Waals surface area contributed by atoms with Gasteiger partial charge in [-0.05, 0) is 0 Å². The molecule has 5 atom stereocenters. The van der Waals surface area contributed by atoms with Gasteiger partial charge in [0.15, 0.2) is 6.29 Å². The molecule has 4 N–H and O–H groups in total. The Morgan fingerprint density at radius 2 is 2.00 bits per heavy atom. The Morgan fingerprint density at radius 1 is 1.38 bits per heavy atom. The average molecular weight is 315 g/mol. The van der Waals surface area contributed by atoms with E-state index in [-0.39, 0.29) is 6.61 Å². The van der Waals surface area contributed by atoms with Gasteiger partial charge in [-0.15, -0.1) is 6.58 Å². The molecule has 1 saturated heterocycles. The number of hydrogen-bond donors (Lipinski definition) is 4. The van der Waals surface area contributed by atoms with Crippen molar-refractivity contribution in [2.24, 2.45) is 0 Å². The van der Waals surface area contributed by atoms with Crippen molar-refractivity contribution in [3.8, 4) is 0 Å². The van der Waals surface area contributed by atoms with Crippen LogP contribution in [0.3, 0.4) is 0 Å². The number of rotatable bonds is 5. The molecule has 0 aromatic carbocycles. The maximum atomic E-state index is 12.3. The first-order valence-electron chi connectivity index (χ1n) is 5.95. The first-order chi connectivity index (χ1) is 9.72. The molecule has 1 fully saturated rings. The Morgan fingerprint density at radius 3 is 2.48 bits per heavy atom. The van der Waals surface area contributed by atoms with Gasteiger partial charge in [0.2, 0.25) is 0 Å². The molecule has 0 spiro atoms. The second kappa shape index (κ2) is 7.18. The van der Waals surface area contributed by atoms with Crippen molar-refractivity contribution in [2.45, 2.75) is 36.8 Å². The molecule has 0 bridgehead atoms. The molecule has 7 nitrogen and oxygen atoms in total. The Labute approximate surface area is 118 Å². The van der Waals surface area contributed by atoms with Gasteiger partial charge < -0.3 is 30.1 Å². The van der Waals surface area contributed by atoms with Gasteiger partial charge in [0.25, 0.3) is 0 Å². The Hall–Kier alpha value is -1.20. The summed E-state index contributed by atoms with van der Waals surface area (Å²) >= 11 is 0. The molecule has 1 aliphatic heterocycles. The smallest absolute Gasteiger partial charge is 0.394 e. The minimum absolute atomic E-state index is 0.135. The van der Waals surface area contributed by atoms with Gasteiger partial charge in [0.1, 0.15) is 24.4 Å². The molecule has 0 unspecified atom stereocenters. The fraction of sp³-hybridized carbons (Fsp3) is 0.727. The van der Waals surface area contributed by atoms with E-state index < -0.39 is 49.3 Å². The van der Waals surface area contributed by atoms with Crippen molar-refractivity contribution >= 4 is 5.91 Å². The molecule has 10 heteroatoms. The number of amides is 1. The van der Waals surface area contributed by atoms with Crippen LogP contribution < -0.4 is 5.32 Å². The van der Waals surface area contributed by atoms with E-state index in [2.05, 4.69) is 6.58 Å². The van der Waals surface area contributed by atoms with Crippen LogP contribution in [0.5, 0.6) is 0 Å². The SMILES string of the molecule is C=CCO[C@H]1O[C@H](CO)[C@H](O)[C@H](O)[C@H]1NC(=O)C(F)(F)F. The summed E-state index contributed by atoms with van der Waals surface area (Å²) in [5, 5.41) is 29.9. The maximum absolute atomic E-state index is 12.3. The third-order valence-electron chi connectivity index (χ3n) is 2.81. The van der Waals surface area contributed by atoms with Crippen molar-refractivity contribution in [1.29, 1.82) is 0 Å². The molecule has 122 valence electrons. The number of halogens is 3. The van der Waals surface area contributed by atoms with Gasteiger partial charge in [-0.1, -0.05) is 6.08 Å². The molecule has 21 heavy (non-hydrogen) atoms. The zero-order valence-electron chi connectivity index (χ0n) is 10.8. The van der Waals surface area contributed by atoms with Crippen molar-refractivity contribution in [1.82, 2.24) is 5.32 Å². The van der Waals surface area contributed by atoms with Crippen molar-refractivity contribution < 1.29 is 42.8 Å². The van der Waals surface area contributed by atoms with Crippen LogP contribution in [0.4, 0.5) is 13.2 Å². The number of nitrogens with one attached hydrogen (secondary N) is 1. The highest BCUT2D eigenvalue weighted by Crippen LogP contribution is 2.24. The topological polar surface area (TPSA) is 108 Å². The second-order valence-corrected chi connectivity index (χ2v) is 4.33. The van der Waals surface area contributed by atoms with Gasteiger partial charge in [-0.25, -0.2) is 0 Å². The van der Waals surface area contributed by atoms with Gasteiger partial charge >= 0.3 is 12.1 Å². The lowest BCUT2D eigenvalue weighted by atomic mass is 9.97. The third kappa shape index (κ3) is 4.38. The highest BCUT2D eigenvalue weighted by Gasteiger charge is 2.49. The highest BCUT2D eigenvalue weighted by atomic mass is 19.4. The molecule has 0 radical (unpaired) electrons. The molecular weight excluding hydrogens is 299 g/mol. The summed E-state index contributed by atoms with van der Waals surface area (Å²) in [4.78, 5) is 10.9. The van der Waals surface area contributed by atoms with E-state index in [1.807, 2.05) is 0 Å². The van der Waals surface area contributed by atoms with Crippen LogP contribution in [-0.4, -0.2) is 71.3 Å². The summed E-state index contributed by atoms with van der Waals surface area (Å²) in [6.07, 6.45) is -10.1. The standard InChI is InChI=1S/C11H16F3NO6/c1-2-3-20-9-6(15-10(19)11(12,13)14)8(18)7(17)5(4-16)21-9/h2,5-9,16-18H,1,3-4H2,(H,15,19)/t5-,6-,7+,8-,9+/m1/s1. The van der Waals surface area contributed by atoms with Crippen LogP contribution in [0, 0.1) is 0 Å². The van der Waals surface area contributed by atoms with Gasteiger partial charge in [0.05, 0.1) is 13.2 Å². The van der Waals surface area contributed by atoms with E-state index in [9.17, 15) is 28.2 Å². The number of carbonyl (C=O) groups excluding carboxylic acids is 1. The quantitative estimate of drug-likeness (QED) is 0.469. The van der Waals surface area contributed by atoms with Crippen LogP contribution in [0.25, 0.3) is 0 Å². The van der Waals surface area contributed by atoms with Gasteiger partial charge in [0, 0.05) is 0 Å². The lowest BCUT2D eigenvalue weighted by Gasteiger charge is -2.42.